The van der Waals surface area contributed by atoms with E-state index in [0.29, 0.717) is 5.38 Å². The minimum absolute atomic E-state index is 0.291. The van der Waals surface area contributed by atoms with Crippen LogP contribution in [0.2, 0.25) is 0 Å². The molecule has 17 heavy (non-hydrogen) atoms. The Hall–Kier alpha value is -0.530. The number of aryl methyl sites for hydroxylation is 3. The van der Waals surface area contributed by atoms with Crippen LogP contribution >= 0.6 is 11.6 Å². The molecule has 96 valence electrons. The fourth-order valence-electron chi connectivity index (χ4n) is 2.21. The van der Waals surface area contributed by atoms with Crippen LogP contribution in [-0.2, 0) is 6.54 Å². The lowest BCUT2D eigenvalue weighted by molar-refractivity contribution is 0.617. The van der Waals surface area contributed by atoms with E-state index in [1.54, 1.807) is 0 Å². The van der Waals surface area contributed by atoms with Crippen LogP contribution in [0.15, 0.2) is 12.1 Å². The molecule has 0 aliphatic rings. The van der Waals surface area contributed by atoms with Crippen LogP contribution < -0.4 is 5.32 Å². The molecule has 1 nitrogen and oxygen atoms in total. The van der Waals surface area contributed by atoms with Crippen LogP contribution in [-0.4, -0.2) is 11.9 Å². The molecule has 0 aliphatic carbocycles. The molecule has 0 radical (unpaired) electrons. The second kappa shape index (κ2) is 7.03. The van der Waals surface area contributed by atoms with E-state index in [1.165, 1.54) is 22.3 Å². The van der Waals surface area contributed by atoms with Gasteiger partial charge in [-0.25, -0.2) is 0 Å². The van der Waals surface area contributed by atoms with Gasteiger partial charge in [-0.05, 0) is 63.8 Å². The predicted octanol–water partition coefficient (Wildman–Crippen LogP) is 4.11. The summed E-state index contributed by atoms with van der Waals surface area (Å²) in [6, 6.07) is 4.51. The van der Waals surface area contributed by atoms with Crippen LogP contribution in [0.1, 0.15) is 42.0 Å². The Balaban J connectivity index is 2.42. The summed E-state index contributed by atoms with van der Waals surface area (Å²) in [6.07, 6.45) is 2.23. The van der Waals surface area contributed by atoms with Crippen molar-refractivity contribution in [3.05, 3.63) is 34.4 Å². The fraction of sp³-hybridized carbons (Fsp3) is 0.600. The maximum absolute atomic E-state index is 5.91. The van der Waals surface area contributed by atoms with E-state index < -0.39 is 0 Å². The molecule has 0 saturated carbocycles. The van der Waals surface area contributed by atoms with Crippen molar-refractivity contribution in [2.75, 3.05) is 6.54 Å². The molecule has 1 aromatic carbocycles. The summed E-state index contributed by atoms with van der Waals surface area (Å²) in [6.45, 7) is 10.6. The highest BCUT2D eigenvalue weighted by molar-refractivity contribution is 6.20. The highest BCUT2D eigenvalue weighted by Crippen LogP contribution is 2.16. The van der Waals surface area contributed by atoms with Gasteiger partial charge in [0, 0.05) is 11.9 Å². The SMILES string of the molecule is Cc1cc(C)c(CNCCCC(C)Cl)c(C)c1. The molecule has 1 atom stereocenters. The molecule has 1 aromatic rings. The summed E-state index contributed by atoms with van der Waals surface area (Å²) < 4.78 is 0. The largest absolute Gasteiger partial charge is 0.313 e. The van der Waals surface area contributed by atoms with Crippen LogP contribution in [0, 0.1) is 20.8 Å². The highest BCUT2D eigenvalue weighted by Gasteiger charge is 2.03. The van der Waals surface area contributed by atoms with Crippen LogP contribution in [0.5, 0.6) is 0 Å². The Morgan fingerprint density at radius 1 is 1.18 bits per heavy atom. The zero-order valence-electron chi connectivity index (χ0n) is 11.4. The third kappa shape index (κ3) is 5.10. The van der Waals surface area contributed by atoms with E-state index >= 15 is 0 Å². The second-order valence-electron chi connectivity index (χ2n) is 4.98. The van der Waals surface area contributed by atoms with Crippen molar-refractivity contribution < 1.29 is 0 Å². The van der Waals surface area contributed by atoms with Crippen LogP contribution in [0.4, 0.5) is 0 Å². The molecule has 0 spiro atoms. The fourth-order valence-corrected chi connectivity index (χ4v) is 2.36. The van der Waals surface area contributed by atoms with Gasteiger partial charge in [0.2, 0.25) is 0 Å². The quantitative estimate of drug-likeness (QED) is 0.594. The summed E-state index contributed by atoms with van der Waals surface area (Å²) in [5.41, 5.74) is 5.57. The summed E-state index contributed by atoms with van der Waals surface area (Å²) in [5.74, 6) is 0. The molecular weight excluding hydrogens is 230 g/mol. The molecule has 0 fully saturated rings. The monoisotopic (exact) mass is 253 g/mol. The third-order valence-corrected chi connectivity index (χ3v) is 3.32. The number of rotatable bonds is 6. The minimum atomic E-state index is 0.291. The molecule has 1 rings (SSSR count). The van der Waals surface area contributed by atoms with Crippen molar-refractivity contribution in [1.82, 2.24) is 5.32 Å². The van der Waals surface area contributed by atoms with Crippen LogP contribution in [0.3, 0.4) is 0 Å². The summed E-state index contributed by atoms with van der Waals surface area (Å²) in [7, 11) is 0. The van der Waals surface area contributed by atoms with E-state index in [9.17, 15) is 0 Å². The summed E-state index contributed by atoms with van der Waals surface area (Å²) in [4.78, 5) is 0. The molecule has 0 aromatic heterocycles. The summed E-state index contributed by atoms with van der Waals surface area (Å²) in [5, 5.41) is 3.79. The molecule has 0 bridgehead atoms. The molecule has 1 unspecified atom stereocenters. The standard InChI is InChI=1S/C15H24ClN/c1-11-8-12(2)15(13(3)9-11)10-17-7-5-6-14(4)16/h8-9,14,17H,5-7,10H2,1-4H3. The van der Waals surface area contributed by atoms with E-state index in [0.717, 1.165) is 25.9 Å². The second-order valence-corrected chi connectivity index (χ2v) is 5.72. The lowest BCUT2D eigenvalue weighted by Crippen LogP contribution is -2.17. The van der Waals surface area contributed by atoms with Crippen molar-refractivity contribution in [3.8, 4) is 0 Å². The zero-order valence-corrected chi connectivity index (χ0v) is 12.2. The Morgan fingerprint density at radius 3 is 2.29 bits per heavy atom. The Kier molecular flexibility index (Phi) is 6.01. The van der Waals surface area contributed by atoms with Gasteiger partial charge < -0.3 is 5.32 Å². The highest BCUT2D eigenvalue weighted by atomic mass is 35.5. The van der Waals surface area contributed by atoms with Crippen molar-refractivity contribution in [1.29, 1.82) is 0 Å². The van der Waals surface area contributed by atoms with E-state index in [-0.39, 0.29) is 0 Å². The van der Waals surface area contributed by atoms with Gasteiger partial charge >= 0.3 is 0 Å². The Morgan fingerprint density at radius 2 is 1.76 bits per heavy atom. The van der Waals surface area contributed by atoms with Gasteiger partial charge in [-0.2, -0.15) is 0 Å². The first kappa shape index (κ1) is 14.5. The zero-order chi connectivity index (χ0) is 12.8. The number of alkyl halides is 1. The van der Waals surface area contributed by atoms with E-state index in [2.05, 4.69) is 45.1 Å². The minimum Gasteiger partial charge on any atom is -0.313 e. The van der Waals surface area contributed by atoms with E-state index in [4.69, 9.17) is 11.6 Å². The molecule has 0 saturated heterocycles. The third-order valence-electron chi connectivity index (χ3n) is 3.10. The average molecular weight is 254 g/mol. The van der Waals surface area contributed by atoms with Crippen molar-refractivity contribution in [2.24, 2.45) is 0 Å². The number of hydrogen-bond acceptors (Lipinski definition) is 1. The number of nitrogens with one attached hydrogen (secondary N) is 1. The van der Waals surface area contributed by atoms with E-state index in [1.807, 2.05) is 0 Å². The van der Waals surface area contributed by atoms with Gasteiger partial charge in [-0.15, -0.1) is 11.6 Å². The average Bonchev–Trinajstić information content (AvgIpc) is 2.20. The topological polar surface area (TPSA) is 12.0 Å². The molecule has 0 aliphatic heterocycles. The predicted molar refractivity (Wildman–Crippen MR) is 76.9 cm³/mol. The van der Waals surface area contributed by atoms with Gasteiger partial charge in [-0.1, -0.05) is 17.7 Å². The van der Waals surface area contributed by atoms with Gasteiger partial charge in [0.25, 0.3) is 0 Å². The molecule has 1 N–H and O–H groups in total. The Labute approximate surface area is 111 Å². The Bertz CT molecular complexity index is 335. The molecule has 2 heteroatoms. The summed E-state index contributed by atoms with van der Waals surface area (Å²) >= 11 is 5.91. The van der Waals surface area contributed by atoms with Gasteiger partial charge in [0.05, 0.1) is 0 Å². The molecular formula is C15H24ClN. The first-order valence-electron chi connectivity index (χ1n) is 6.42. The number of halogens is 1. The first-order chi connectivity index (χ1) is 8.00. The molecule has 0 heterocycles. The van der Waals surface area contributed by atoms with Crippen molar-refractivity contribution in [2.45, 2.75) is 52.5 Å². The lowest BCUT2D eigenvalue weighted by Gasteiger charge is -2.12. The van der Waals surface area contributed by atoms with Gasteiger partial charge in [-0.3, -0.25) is 0 Å². The lowest BCUT2D eigenvalue weighted by atomic mass is 10.00. The maximum Gasteiger partial charge on any atom is 0.0308 e. The normalized spacial score (nSPS) is 12.8. The number of hydrogen-bond donors (Lipinski definition) is 1. The van der Waals surface area contributed by atoms with Crippen molar-refractivity contribution in [3.63, 3.8) is 0 Å². The molecule has 0 amide bonds. The maximum atomic E-state index is 5.91. The van der Waals surface area contributed by atoms with Gasteiger partial charge in [0.1, 0.15) is 0 Å². The smallest absolute Gasteiger partial charge is 0.0308 e. The van der Waals surface area contributed by atoms with Gasteiger partial charge in [0.15, 0.2) is 0 Å². The first-order valence-corrected chi connectivity index (χ1v) is 6.86. The van der Waals surface area contributed by atoms with Crippen molar-refractivity contribution >= 4 is 11.6 Å². The number of benzene rings is 1. The van der Waals surface area contributed by atoms with Crippen LogP contribution in [0.25, 0.3) is 0 Å².